The minimum atomic E-state index is 0.773. The molecule has 82 valence electrons. The van der Waals surface area contributed by atoms with Gasteiger partial charge in [-0.25, -0.2) is 9.50 Å². The largest absolute Gasteiger partial charge is 0.356 e. The summed E-state index contributed by atoms with van der Waals surface area (Å²) in [6.45, 7) is 0. The SMILES string of the molecule is c1ccc2c(-c3nn4ccnc4s3)noc2c1. The lowest BCUT2D eigenvalue weighted by Gasteiger charge is -1.87. The third-order valence-electron chi connectivity index (χ3n) is 2.56. The third-order valence-corrected chi connectivity index (χ3v) is 3.50. The minimum absolute atomic E-state index is 0.773. The standard InChI is InChI=1S/C11H6N4OS/c1-2-4-8-7(3-1)9(14-16-8)10-13-15-6-5-12-11(15)17-10/h1-6H. The van der Waals surface area contributed by atoms with Crippen molar-refractivity contribution in [3.63, 3.8) is 0 Å². The van der Waals surface area contributed by atoms with Gasteiger partial charge in [0.1, 0.15) is 0 Å². The van der Waals surface area contributed by atoms with E-state index in [2.05, 4.69) is 15.2 Å². The fourth-order valence-electron chi connectivity index (χ4n) is 1.77. The number of aromatic nitrogens is 4. The zero-order chi connectivity index (χ0) is 11.2. The molecule has 3 aromatic heterocycles. The van der Waals surface area contributed by atoms with Gasteiger partial charge in [-0.2, -0.15) is 5.10 Å². The molecule has 0 saturated heterocycles. The van der Waals surface area contributed by atoms with Crippen LogP contribution in [-0.2, 0) is 0 Å². The third kappa shape index (κ3) is 1.21. The number of para-hydroxylation sites is 1. The van der Waals surface area contributed by atoms with Gasteiger partial charge < -0.3 is 4.52 Å². The molecule has 0 saturated carbocycles. The number of fused-ring (bicyclic) bond motifs is 2. The van der Waals surface area contributed by atoms with Crippen molar-refractivity contribution in [3.8, 4) is 10.7 Å². The van der Waals surface area contributed by atoms with Crippen LogP contribution in [-0.4, -0.2) is 19.8 Å². The predicted octanol–water partition coefficient (Wildman–Crippen LogP) is 2.60. The molecule has 0 fully saturated rings. The van der Waals surface area contributed by atoms with Gasteiger partial charge in [-0.1, -0.05) is 28.6 Å². The first kappa shape index (κ1) is 8.89. The van der Waals surface area contributed by atoms with Crippen LogP contribution in [0.4, 0.5) is 0 Å². The first-order chi connectivity index (χ1) is 8.42. The molecule has 0 bridgehead atoms. The Morgan fingerprint density at radius 1 is 1.24 bits per heavy atom. The molecule has 4 aromatic rings. The molecule has 0 unspecified atom stereocenters. The first-order valence-corrected chi connectivity index (χ1v) is 5.88. The van der Waals surface area contributed by atoms with Crippen LogP contribution in [0.1, 0.15) is 0 Å². The van der Waals surface area contributed by atoms with Crippen LogP contribution in [0.25, 0.3) is 26.6 Å². The molecule has 0 spiro atoms. The minimum Gasteiger partial charge on any atom is -0.356 e. The van der Waals surface area contributed by atoms with Crippen LogP contribution in [0.2, 0.25) is 0 Å². The normalized spacial score (nSPS) is 11.5. The highest BCUT2D eigenvalue weighted by atomic mass is 32.1. The quantitative estimate of drug-likeness (QED) is 0.515. The van der Waals surface area contributed by atoms with Crippen LogP contribution >= 0.6 is 11.3 Å². The number of rotatable bonds is 1. The van der Waals surface area contributed by atoms with E-state index in [1.807, 2.05) is 30.5 Å². The summed E-state index contributed by atoms with van der Waals surface area (Å²) in [6, 6.07) is 7.75. The fraction of sp³-hybridized carbons (Fsp3) is 0. The number of hydrogen-bond acceptors (Lipinski definition) is 5. The second-order valence-corrected chi connectivity index (χ2v) is 4.54. The average Bonchev–Trinajstić information content (AvgIpc) is 3.01. The smallest absolute Gasteiger partial charge is 0.212 e. The number of hydrogen-bond donors (Lipinski definition) is 0. The summed E-state index contributed by atoms with van der Waals surface area (Å²) in [6.07, 6.45) is 3.54. The molecule has 17 heavy (non-hydrogen) atoms. The van der Waals surface area contributed by atoms with Gasteiger partial charge in [-0.15, -0.1) is 0 Å². The van der Waals surface area contributed by atoms with Gasteiger partial charge in [-0.3, -0.25) is 0 Å². The van der Waals surface area contributed by atoms with E-state index in [1.54, 1.807) is 10.7 Å². The highest BCUT2D eigenvalue weighted by molar-refractivity contribution is 7.19. The molecule has 0 radical (unpaired) electrons. The van der Waals surface area contributed by atoms with E-state index in [0.29, 0.717) is 0 Å². The summed E-state index contributed by atoms with van der Waals surface area (Å²) < 4.78 is 7.00. The highest BCUT2D eigenvalue weighted by Gasteiger charge is 2.14. The molecular weight excluding hydrogens is 236 g/mol. The van der Waals surface area contributed by atoms with E-state index in [0.717, 1.165) is 26.6 Å². The summed E-state index contributed by atoms with van der Waals surface area (Å²) in [5, 5.41) is 10.3. The van der Waals surface area contributed by atoms with Gasteiger partial charge in [0, 0.05) is 6.20 Å². The Kier molecular flexibility index (Phi) is 1.64. The monoisotopic (exact) mass is 242 g/mol. The van der Waals surface area contributed by atoms with Crippen LogP contribution < -0.4 is 0 Å². The van der Waals surface area contributed by atoms with E-state index >= 15 is 0 Å². The summed E-state index contributed by atoms with van der Waals surface area (Å²) in [5.41, 5.74) is 1.55. The zero-order valence-electron chi connectivity index (χ0n) is 8.57. The number of benzene rings is 1. The maximum Gasteiger partial charge on any atom is 0.212 e. The van der Waals surface area contributed by atoms with Crippen molar-refractivity contribution < 1.29 is 4.52 Å². The van der Waals surface area contributed by atoms with Gasteiger partial charge in [-0.05, 0) is 12.1 Å². The maximum absolute atomic E-state index is 5.26. The molecule has 1 aromatic carbocycles. The highest BCUT2D eigenvalue weighted by Crippen LogP contribution is 2.30. The second-order valence-electron chi connectivity index (χ2n) is 3.59. The van der Waals surface area contributed by atoms with Crippen molar-refractivity contribution in [3.05, 3.63) is 36.7 Å². The van der Waals surface area contributed by atoms with Gasteiger partial charge in [0.25, 0.3) is 0 Å². The summed E-state index contributed by atoms with van der Waals surface area (Å²) in [4.78, 5) is 5.04. The van der Waals surface area contributed by atoms with Crippen molar-refractivity contribution in [2.75, 3.05) is 0 Å². The average molecular weight is 242 g/mol. The molecule has 0 amide bonds. The van der Waals surface area contributed by atoms with Crippen LogP contribution in [0.3, 0.4) is 0 Å². The Hall–Kier alpha value is -2.21. The molecular formula is C11H6N4OS. The Bertz CT molecular complexity index is 784. The van der Waals surface area contributed by atoms with E-state index < -0.39 is 0 Å². The molecule has 6 heteroatoms. The molecule has 0 aliphatic carbocycles. The first-order valence-electron chi connectivity index (χ1n) is 5.07. The van der Waals surface area contributed by atoms with Crippen LogP contribution in [0.5, 0.6) is 0 Å². The lowest BCUT2D eigenvalue weighted by molar-refractivity contribution is 0.459. The van der Waals surface area contributed by atoms with Crippen molar-refractivity contribution in [1.29, 1.82) is 0 Å². The van der Waals surface area contributed by atoms with Crippen LogP contribution in [0.15, 0.2) is 41.2 Å². The van der Waals surface area contributed by atoms with Gasteiger partial charge in [0.15, 0.2) is 16.3 Å². The van der Waals surface area contributed by atoms with Crippen molar-refractivity contribution >= 4 is 27.3 Å². The molecule has 0 atom stereocenters. The second kappa shape index (κ2) is 3.14. The van der Waals surface area contributed by atoms with Crippen LogP contribution in [0, 0.1) is 0 Å². The van der Waals surface area contributed by atoms with Crippen molar-refractivity contribution in [2.45, 2.75) is 0 Å². The fourth-order valence-corrected chi connectivity index (χ4v) is 2.63. The Labute approximate surface area is 99.3 Å². The molecule has 0 aliphatic heterocycles. The Morgan fingerprint density at radius 2 is 2.18 bits per heavy atom. The topological polar surface area (TPSA) is 56.2 Å². The van der Waals surface area contributed by atoms with Gasteiger partial charge in [0.05, 0.1) is 11.6 Å². The summed E-state index contributed by atoms with van der Waals surface area (Å²) in [7, 11) is 0. The van der Waals surface area contributed by atoms with E-state index in [-0.39, 0.29) is 0 Å². The number of nitrogens with zero attached hydrogens (tertiary/aromatic N) is 4. The lowest BCUT2D eigenvalue weighted by Crippen LogP contribution is -1.82. The summed E-state index contributed by atoms with van der Waals surface area (Å²) >= 11 is 1.49. The van der Waals surface area contributed by atoms with Crippen molar-refractivity contribution in [2.24, 2.45) is 0 Å². The summed E-state index contributed by atoms with van der Waals surface area (Å²) in [5.74, 6) is 0. The van der Waals surface area contributed by atoms with Gasteiger partial charge >= 0.3 is 0 Å². The molecule has 3 heterocycles. The van der Waals surface area contributed by atoms with E-state index in [9.17, 15) is 0 Å². The Balaban J connectivity index is 2.02. The lowest BCUT2D eigenvalue weighted by atomic mass is 10.2. The van der Waals surface area contributed by atoms with Gasteiger partial charge in [0.2, 0.25) is 4.96 Å². The number of imidazole rings is 1. The maximum atomic E-state index is 5.26. The molecule has 0 aliphatic rings. The molecule has 4 rings (SSSR count). The van der Waals surface area contributed by atoms with E-state index in [1.165, 1.54) is 11.3 Å². The van der Waals surface area contributed by atoms with E-state index in [4.69, 9.17) is 4.52 Å². The zero-order valence-corrected chi connectivity index (χ0v) is 9.39. The van der Waals surface area contributed by atoms with Crippen molar-refractivity contribution in [1.82, 2.24) is 19.8 Å². The molecule has 5 nitrogen and oxygen atoms in total. The molecule has 0 N–H and O–H groups in total. The predicted molar refractivity (Wildman–Crippen MR) is 63.9 cm³/mol. The Morgan fingerprint density at radius 3 is 3.12 bits per heavy atom.